The second-order valence-electron chi connectivity index (χ2n) is 37.3. The fraction of sp³-hybridized carbons (Fsp3) is 0.766. The SMILES string of the molecule is CC[C@@H](CO)NCCN[C@@H](CC)CO.CC[C@H]1OC(=O)[C@H](C)[C@@H](O[C@H]2C[C@@](C)(OC)[C@@H](O)[C@H](C)O2)[C@H](C)[C@@H](O[C@@H]2O[C@H](C)C[C@H](N(C)C)[C@H]2O)[C@](C)(O)C[C@@H](C)/C(=N\OCOCCOC)[C@H](C)[C@@H](O)[C@]1(C)O.CO[C@H]1/C=C/O[C@@]2(C)Oc3c(C)c(O)c4c(O)c(c(/C=N/N5CCN(C)CC5)c(O)c4c3C2=O)NC(=O)/C(C)=C\C=C\[C@H](C)[C@H](O)[C@@H](C)[C@@H](O)[C@@H](C)[C@H](OC(C)=O)[C@@H]1C. The van der Waals surface area contributed by atoms with Crippen LogP contribution in [-0.4, -0.2) is 353 Å². The molecule has 0 spiro atoms. The number of hydrogen-bond donors (Lipinski definition) is 15. The number of phenolic OH excluding ortho intramolecular Hbond substituents is 3. The number of aliphatic hydroxyl groups is 9. The Labute approximate surface area is 773 Å². The Morgan fingerprint density at radius 1 is 0.748 bits per heavy atom. The molecule has 9 rings (SSSR count). The molecule has 748 valence electrons. The van der Waals surface area contributed by atoms with Crippen LogP contribution in [0.4, 0.5) is 5.69 Å². The molecule has 2 aromatic rings. The Morgan fingerprint density at radius 3 is 1.94 bits per heavy atom. The number of likely N-dealkylation sites (N-methyl/N-ethyl adjacent to an activating group) is 2. The van der Waals surface area contributed by atoms with E-state index in [9.17, 15) is 70.2 Å². The summed E-state index contributed by atoms with van der Waals surface area (Å²) >= 11 is 0. The molecule has 0 aliphatic carbocycles. The number of allylic oxidation sites excluding steroid dienone is 2. The second kappa shape index (κ2) is 50.8. The van der Waals surface area contributed by atoms with Crippen LogP contribution in [0.2, 0.25) is 0 Å². The van der Waals surface area contributed by atoms with E-state index in [0.29, 0.717) is 31.8 Å². The van der Waals surface area contributed by atoms with Gasteiger partial charge in [-0.3, -0.25) is 24.2 Å². The third-order valence-electron chi connectivity index (χ3n) is 26.9. The van der Waals surface area contributed by atoms with Crippen molar-refractivity contribution in [2.75, 3.05) is 120 Å². The second-order valence-corrected chi connectivity index (χ2v) is 37.3. The van der Waals surface area contributed by atoms with Gasteiger partial charge in [-0.05, 0) is 115 Å². The minimum absolute atomic E-state index is 0.0307. The summed E-state index contributed by atoms with van der Waals surface area (Å²) in [6.07, 6.45) is -2.76. The third kappa shape index (κ3) is 28.4. The van der Waals surface area contributed by atoms with Crippen molar-refractivity contribution >= 4 is 52.0 Å². The molecular weight excluding hydrogens is 1710 g/mol. The van der Waals surface area contributed by atoms with Crippen LogP contribution in [0.5, 0.6) is 23.0 Å². The molecule has 2 aromatic carbocycles. The van der Waals surface area contributed by atoms with Crippen molar-refractivity contribution in [2.45, 2.75) is 304 Å². The van der Waals surface area contributed by atoms with E-state index in [1.54, 1.807) is 100 Å². The number of carbonyl (C=O) groups excluding carboxylic acids is 4. The first-order valence-corrected chi connectivity index (χ1v) is 46.0. The fourth-order valence-corrected chi connectivity index (χ4v) is 18.1. The number of methoxy groups -OCH3 is 3. The van der Waals surface area contributed by atoms with E-state index in [1.807, 2.05) is 53.7 Å². The lowest BCUT2D eigenvalue weighted by Crippen LogP contribution is -2.61. The summed E-state index contributed by atoms with van der Waals surface area (Å²) < 4.78 is 71.7. The molecule has 37 nitrogen and oxygen atoms in total. The summed E-state index contributed by atoms with van der Waals surface area (Å²) in [5.41, 5.74) is -4.84. The van der Waals surface area contributed by atoms with Crippen LogP contribution in [0.3, 0.4) is 0 Å². The van der Waals surface area contributed by atoms with Crippen LogP contribution in [0.25, 0.3) is 10.8 Å². The number of rotatable bonds is 26. The molecule has 4 fully saturated rings. The number of fused-ring (bicyclic) bond motifs is 14. The molecule has 7 heterocycles. The molecule has 4 saturated heterocycles. The Balaban J connectivity index is 0.000000351. The number of hydrazone groups is 1. The largest absolute Gasteiger partial charge is 0.507 e. The summed E-state index contributed by atoms with van der Waals surface area (Å²) in [7, 11) is 10.2. The Kier molecular flexibility index (Phi) is 43.7. The highest BCUT2D eigenvalue weighted by atomic mass is 16.7. The number of ketones is 1. The van der Waals surface area contributed by atoms with E-state index in [-0.39, 0.29) is 115 Å². The summed E-state index contributed by atoms with van der Waals surface area (Å²) in [4.78, 5) is 64.4. The molecular formula is C94H158N8O29. The number of cyclic esters (lactones) is 1. The number of oxime groups is 1. The van der Waals surface area contributed by atoms with Crippen LogP contribution in [0.15, 0.2) is 46.4 Å². The first-order valence-electron chi connectivity index (χ1n) is 46.0. The fourth-order valence-electron chi connectivity index (χ4n) is 18.1. The maximum atomic E-state index is 14.4. The number of phenols is 3. The molecule has 0 unspecified atom stereocenters. The number of hydrogen-bond acceptors (Lipinski definition) is 36. The predicted molar refractivity (Wildman–Crippen MR) is 491 cm³/mol. The van der Waals surface area contributed by atoms with Gasteiger partial charge in [0.25, 0.3) is 11.7 Å². The molecule has 1 amide bonds. The highest BCUT2D eigenvalue weighted by Crippen LogP contribution is 2.56. The lowest BCUT2D eigenvalue weighted by atomic mass is 9.73. The molecule has 15 N–H and O–H groups in total. The quantitative estimate of drug-likeness (QED) is 0.00940. The average Bonchev–Trinajstić information content (AvgIpc) is 1.57. The van der Waals surface area contributed by atoms with E-state index in [1.165, 1.54) is 73.5 Å². The van der Waals surface area contributed by atoms with Crippen LogP contribution in [-0.2, 0) is 71.3 Å². The highest BCUT2D eigenvalue weighted by molar-refractivity contribution is 6.24. The van der Waals surface area contributed by atoms with Crippen molar-refractivity contribution in [3.63, 3.8) is 0 Å². The number of aromatic hydroxyl groups is 3. The van der Waals surface area contributed by atoms with Crippen molar-refractivity contribution in [1.29, 1.82) is 0 Å². The van der Waals surface area contributed by atoms with Gasteiger partial charge < -0.3 is 149 Å². The number of carbonyl (C=O) groups is 4. The van der Waals surface area contributed by atoms with Gasteiger partial charge in [0.1, 0.15) is 47.3 Å². The van der Waals surface area contributed by atoms with E-state index < -0.39 is 191 Å². The van der Waals surface area contributed by atoms with Gasteiger partial charge in [-0.1, -0.05) is 92.6 Å². The maximum Gasteiger partial charge on any atom is 0.312 e. The summed E-state index contributed by atoms with van der Waals surface area (Å²) in [5.74, 6) is -12.5. The Hall–Kier alpha value is -6.90. The summed E-state index contributed by atoms with van der Waals surface area (Å²) in [6, 6.07) is 0.0720. The lowest BCUT2D eigenvalue weighted by molar-refractivity contribution is -0.317. The number of nitrogens with zero attached hydrogens (tertiary/aromatic N) is 5. The number of Topliss-reactive ketones (excluding diaryl/α,β-unsaturated/α-hetero) is 1. The molecule has 7 aliphatic rings. The number of ether oxygens (including phenoxy) is 12. The van der Waals surface area contributed by atoms with Gasteiger partial charge >= 0.3 is 17.7 Å². The number of amides is 1. The van der Waals surface area contributed by atoms with Crippen molar-refractivity contribution in [3.05, 3.63) is 52.8 Å². The van der Waals surface area contributed by atoms with Crippen molar-refractivity contribution in [3.8, 4) is 23.0 Å². The zero-order valence-electron chi connectivity index (χ0n) is 82.0. The highest BCUT2D eigenvalue weighted by Gasteiger charge is 2.55. The van der Waals surface area contributed by atoms with E-state index >= 15 is 0 Å². The van der Waals surface area contributed by atoms with E-state index in [4.69, 9.17) is 71.9 Å². The average molecular weight is 1860 g/mol. The monoisotopic (exact) mass is 1860 g/mol. The Morgan fingerprint density at radius 2 is 1.37 bits per heavy atom. The van der Waals surface area contributed by atoms with Gasteiger partial charge in [0.2, 0.25) is 6.79 Å². The van der Waals surface area contributed by atoms with Crippen LogP contribution in [0.1, 0.15) is 192 Å². The standard InChI is InChI=1S/C43H58N4O12.C41H76N2O15.C10H24N2O2/c1-21-12-11-13-22(2)42(55)45-33-28(20-44-47-17-15-46(9)16-18-47)37(52)30-31(38(33)53)36(51)26(6)40-32(30)41(54)43(8,59-40)57-19-14-29(56-10)23(3)39(58-27(7)48)25(5)35(50)24(4)34(21)49;1-15-29-41(10,49)34(45)24(4)31(42-53-21-52-17-16-50-13)22(2)19-39(8,48)36(58-38-32(44)28(43(11)12)18-23(3)54-38)25(5)33(26(6)37(47)56-29)57-30-20-40(9,51-14)35(46)27(7)55-30;1-3-9(7-13)11-5-6-12-10(4-2)8-14/h11-14,19-21,23-25,29,34-35,39,49-53H,15-18H2,1-10H3,(H,45,55);22-30,32-36,38,44-46,48-49H,15-21H2,1-14H3;9-14H,3-8H2,1-2H3/b12-11+,19-14+,22-13-,44-20+;42-31+;/t21-,23+,24+,25+,29-,34-,35+,39+,43-;22-,23-,24+,25+,26-,27+,28+,29-,30+,32-,33+,34-,35+,36-,38+,39-,40-,41-;9-,10-/m010/s1. The topological polar surface area (TPSA) is 502 Å². The molecule has 37 heteroatoms. The summed E-state index contributed by atoms with van der Waals surface area (Å²) in [5, 5.41) is 155. The number of nitrogens with one attached hydrogen (secondary N) is 3. The molecule has 0 aromatic heterocycles. The van der Waals surface area contributed by atoms with Gasteiger partial charge in [0.15, 0.2) is 18.3 Å². The zero-order valence-corrected chi connectivity index (χ0v) is 82.0. The van der Waals surface area contributed by atoms with Gasteiger partial charge in [0.05, 0.1) is 133 Å². The molecule has 5 bridgehead atoms. The van der Waals surface area contributed by atoms with E-state index in [0.717, 1.165) is 39.0 Å². The number of anilines is 1. The molecule has 0 radical (unpaired) electrons. The zero-order chi connectivity index (χ0) is 98.4. The number of piperazine rings is 1. The molecule has 131 heavy (non-hydrogen) atoms. The van der Waals surface area contributed by atoms with Gasteiger partial charge in [-0.2, -0.15) is 5.10 Å². The van der Waals surface area contributed by atoms with Crippen LogP contribution in [0, 0.1) is 54.3 Å². The maximum absolute atomic E-state index is 14.4. The van der Waals surface area contributed by atoms with Crippen molar-refractivity contribution in [1.82, 2.24) is 25.4 Å². The van der Waals surface area contributed by atoms with Crippen molar-refractivity contribution in [2.24, 2.45) is 57.6 Å². The van der Waals surface area contributed by atoms with Crippen molar-refractivity contribution < 1.29 is 142 Å². The number of esters is 2. The minimum atomic E-state index is -2.04. The van der Waals surface area contributed by atoms with Gasteiger partial charge in [-0.25, -0.2) is 0 Å². The normalized spacial score (nSPS) is 36.4. The number of aliphatic hydroxyl groups excluding tert-OH is 7. The molecule has 0 saturated carbocycles. The first kappa shape index (κ1) is 113. The molecule has 29 atom stereocenters. The smallest absolute Gasteiger partial charge is 0.312 e. The van der Waals surface area contributed by atoms with E-state index in [2.05, 4.69) is 31.1 Å². The van der Waals surface area contributed by atoms with Gasteiger partial charge in [0, 0.05) is 157 Å². The Bertz CT molecular complexity index is 4100. The minimum Gasteiger partial charge on any atom is -0.507 e. The number of benzene rings is 2. The van der Waals surface area contributed by atoms with Gasteiger partial charge in [-0.15, -0.1) is 0 Å². The summed E-state index contributed by atoms with van der Waals surface area (Å²) in [6.45, 7) is 38.5. The predicted octanol–water partition coefficient (Wildman–Crippen LogP) is 6.25. The third-order valence-corrected chi connectivity index (χ3v) is 26.9. The van der Waals surface area contributed by atoms with Crippen LogP contribution >= 0.6 is 0 Å². The first-order chi connectivity index (χ1) is 61.5. The molecule has 7 aliphatic heterocycles. The lowest BCUT2D eigenvalue weighted by Gasteiger charge is -2.49. The van der Waals surface area contributed by atoms with Crippen LogP contribution < -0.4 is 20.7 Å².